The lowest BCUT2D eigenvalue weighted by atomic mass is 10.1. The summed E-state index contributed by atoms with van der Waals surface area (Å²) in [6.07, 6.45) is 4.99. The maximum atomic E-state index is 9.77. The highest BCUT2D eigenvalue weighted by Gasteiger charge is 2.24. The predicted octanol–water partition coefficient (Wildman–Crippen LogP) is 1.81. The number of nitrogens with zero attached hydrogens (tertiary/aromatic N) is 1. The molecule has 1 aliphatic rings. The van der Waals surface area contributed by atoms with Crippen LogP contribution in [0.5, 0.6) is 0 Å². The van der Waals surface area contributed by atoms with Crippen LogP contribution in [0.1, 0.15) is 24.8 Å². The lowest BCUT2D eigenvalue weighted by molar-refractivity contribution is 0.131. The van der Waals surface area contributed by atoms with Crippen molar-refractivity contribution in [2.75, 3.05) is 6.54 Å². The summed E-state index contributed by atoms with van der Waals surface area (Å²) in [6, 6.07) is 6.22. The molecule has 1 fully saturated rings. The van der Waals surface area contributed by atoms with E-state index in [2.05, 4.69) is 33.7 Å². The summed E-state index contributed by atoms with van der Waals surface area (Å²) in [5, 5.41) is 21.5. The zero-order valence-corrected chi connectivity index (χ0v) is 10.4. The molecule has 2 aromatic rings. The SMILES string of the molecule is OC1CCCC1CNCc1cccc2cn[nH]c12. The van der Waals surface area contributed by atoms with Crippen molar-refractivity contribution in [3.05, 3.63) is 30.0 Å². The molecule has 0 amide bonds. The number of para-hydroxylation sites is 1. The van der Waals surface area contributed by atoms with Crippen LogP contribution in [0.25, 0.3) is 10.9 Å². The Morgan fingerprint density at radius 2 is 2.33 bits per heavy atom. The van der Waals surface area contributed by atoms with E-state index in [0.717, 1.165) is 43.3 Å². The van der Waals surface area contributed by atoms with Gasteiger partial charge in [-0.3, -0.25) is 5.10 Å². The van der Waals surface area contributed by atoms with Gasteiger partial charge >= 0.3 is 0 Å². The largest absolute Gasteiger partial charge is 0.393 e. The van der Waals surface area contributed by atoms with Crippen LogP contribution >= 0.6 is 0 Å². The maximum Gasteiger partial charge on any atom is 0.0695 e. The smallest absolute Gasteiger partial charge is 0.0695 e. The number of aromatic amines is 1. The zero-order chi connectivity index (χ0) is 12.4. The maximum absolute atomic E-state index is 9.77. The number of aliphatic hydroxyl groups excluding tert-OH is 1. The molecule has 2 unspecified atom stereocenters. The first-order valence-corrected chi connectivity index (χ1v) is 6.64. The van der Waals surface area contributed by atoms with Gasteiger partial charge in [0.25, 0.3) is 0 Å². The third-order valence-electron chi connectivity index (χ3n) is 3.90. The van der Waals surface area contributed by atoms with Crippen LogP contribution in [0.2, 0.25) is 0 Å². The molecule has 0 bridgehead atoms. The van der Waals surface area contributed by atoms with E-state index in [4.69, 9.17) is 0 Å². The first-order chi connectivity index (χ1) is 8.84. The monoisotopic (exact) mass is 245 g/mol. The number of benzene rings is 1. The van der Waals surface area contributed by atoms with Gasteiger partial charge in [-0.05, 0) is 24.3 Å². The number of H-pyrrole nitrogens is 1. The van der Waals surface area contributed by atoms with Crippen molar-refractivity contribution in [3.63, 3.8) is 0 Å². The van der Waals surface area contributed by atoms with Crippen molar-refractivity contribution in [3.8, 4) is 0 Å². The number of rotatable bonds is 4. The average molecular weight is 245 g/mol. The number of hydrogen-bond donors (Lipinski definition) is 3. The molecule has 0 radical (unpaired) electrons. The number of aliphatic hydroxyl groups is 1. The van der Waals surface area contributed by atoms with Gasteiger partial charge in [0, 0.05) is 18.5 Å². The van der Waals surface area contributed by atoms with Crippen molar-refractivity contribution < 1.29 is 5.11 Å². The lowest BCUT2D eigenvalue weighted by Crippen LogP contribution is -2.27. The number of hydrogen-bond acceptors (Lipinski definition) is 3. The molecule has 1 aliphatic carbocycles. The summed E-state index contributed by atoms with van der Waals surface area (Å²) < 4.78 is 0. The Balaban J connectivity index is 1.61. The fraction of sp³-hybridized carbons (Fsp3) is 0.500. The molecule has 96 valence electrons. The second-order valence-corrected chi connectivity index (χ2v) is 5.14. The van der Waals surface area contributed by atoms with E-state index in [9.17, 15) is 5.11 Å². The first kappa shape index (κ1) is 11.7. The summed E-state index contributed by atoms with van der Waals surface area (Å²) >= 11 is 0. The van der Waals surface area contributed by atoms with E-state index in [1.165, 1.54) is 5.56 Å². The molecule has 4 nitrogen and oxygen atoms in total. The predicted molar refractivity (Wildman–Crippen MR) is 71.1 cm³/mol. The van der Waals surface area contributed by atoms with E-state index in [-0.39, 0.29) is 6.10 Å². The van der Waals surface area contributed by atoms with Crippen LogP contribution in [-0.4, -0.2) is 28.0 Å². The van der Waals surface area contributed by atoms with E-state index >= 15 is 0 Å². The molecule has 0 spiro atoms. The van der Waals surface area contributed by atoms with E-state index in [1.807, 2.05) is 6.20 Å². The van der Waals surface area contributed by atoms with Crippen molar-refractivity contribution in [1.29, 1.82) is 0 Å². The lowest BCUT2D eigenvalue weighted by Gasteiger charge is -2.15. The highest BCUT2D eigenvalue weighted by molar-refractivity contribution is 5.81. The van der Waals surface area contributed by atoms with Crippen LogP contribution in [0.15, 0.2) is 24.4 Å². The van der Waals surface area contributed by atoms with Crippen LogP contribution < -0.4 is 5.32 Å². The summed E-state index contributed by atoms with van der Waals surface area (Å²) in [5.74, 6) is 0.422. The third-order valence-corrected chi connectivity index (χ3v) is 3.90. The van der Waals surface area contributed by atoms with Gasteiger partial charge in [0.05, 0.1) is 17.8 Å². The van der Waals surface area contributed by atoms with Crippen molar-refractivity contribution in [2.24, 2.45) is 5.92 Å². The standard InChI is InChI=1S/C14H19N3O/c18-13-6-2-3-10(13)7-15-8-11-4-1-5-12-9-16-17-14(11)12/h1,4-5,9-10,13,15,18H,2-3,6-8H2,(H,16,17). The highest BCUT2D eigenvalue weighted by Crippen LogP contribution is 2.24. The molecule has 1 aromatic carbocycles. The van der Waals surface area contributed by atoms with Gasteiger partial charge < -0.3 is 10.4 Å². The van der Waals surface area contributed by atoms with Gasteiger partial charge in [0.1, 0.15) is 0 Å². The Morgan fingerprint density at radius 1 is 1.39 bits per heavy atom. The molecular weight excluding hydrogens is 226 g/mol. The topological polar surface area (TPSA) is 60.9 Å². The molecule has 4 heteroatoms. The average Bonchev–Trinajstić information content (AvgIpc) is 2.99. The van der Waals surface area contributed by atoms with Gasteiger partial charge in [-0.1, -0.05) is 24.6 Å². The Bertz CT molecular complexity index is 522. The summed E-state index contributed by atoms with van der Waals surface area (Å²) in [5.41, 5.74) is 2.34. The van der Waals surface area contributed by atoms with Crippen molar-refractivity contribution in [2.45, 2.75) is 31.9 Å². The molecule has 3 N–H and O–H groups in total. The van der Waals surface area contributed by atoms with Gasteiger partial charge in [-0.25, -0.2) is 0 Å². The van der Waals surface area contributed by atoms with Gasteiger partial charge in [0.15, 0.2) is 0 Å². The van der Waals surface area contributed by atoms with Gasteiger partial charge in [-0.15, -0.1) is 0 Å². The fourth-order valence-electron chi connectivity index (χ4n) is 2.83. The number of aromatic nitrogens is 2. The van der Waals surface area contributed by atoms with Crippen molar-refractivity contribution in [1.82, 2.24) is 15.5 Å². The molecular formula is C14H19N3O. The third kappa shape index (κ3) is 2.26. The quantitative estimate of drug-likeness (QED) is 0.770. The minimum atomic E-state index is -0.111. The number of nitrogens with one attached hydrogen (secondary N) is 2. The molecule has 1 aromatic heterocycles. The van der Waals surface area contributed by atoms with E-state index in [1.54, 1.807) is 0 Å². The summed E-state index contributed by atoms with van der Waals surface area (Å²) in [4.78, 5) is 0. The molecule has 2 atom stereocenters. The Labute approximate surface area is 106 Å². The van der Waals surface area contributed by atoms with E-state index < -0.39 is 0 Å². The molecule has 0 saturated heterocycles. The molecule has 1 saturated carbocycles. The molecule has 0 aliphatic heterocycles. The van der Waals surface area contributed by atoms with Crippen LogP contribution in [-0.2, 0) is 6.54 Å². The van der Waals surface area contributed by atoms with Crippen LogP contribution in [0.4, 0.5) is 0 Å². The Kier molecular flexibility index (Phi) is 3.30. The Morgan fingerprint density at radius 3 is 3.17 bits per heavy atom. The number of fused-ring (bicyclic) bond motifs is 1. The van der Waals surface area contributed by atoms with Gasteiger partial charge in [-0.2, -0.15) is 5.10 Å². The Hall–Kier alpha value is -1.39. The molecule has 18 heavy (non-hydrogen) atoms. The second kappa shape index (κ2) is 5.08. The minimum Gasteiger partial charge on any atom is -0.393 e. The van der Waals surface area contributed by atoms with E-state index in [0.29, 0.717) is 5.92 Å². The van der Waals surface area contributed by atoms with Gasteiger partial charge in [0.2, 0.25) is 0 Å². The van der Waals surface area contributed by atoms with Crippen LogP contribution in [0, 0.1) is 5.92 Å². The second-order valence-electron chi connectivity index (χ2n) is 5.14. The molecule has 3 rings (SSSR count). The minimum absolute atomic E-state index is 0.111. The molecule has 1 heterocycles. The fourth-order valence-corrected chi connectivity index (χ4v) is 2.83. The highest BCUT2D eigenvalue weighted by atomic mass is 16.3. The zero-order valence-electron chi connectivity index (χ0n) is 10.4. The van der Waals surface area contributed by atoms with Crippen LogP contribution in [0.3, 0.4) is 0 Å². The van der Waals surface area contributed by atoms with Crippen molar-refractivity contribution >= 4 is 10.9 Å². The first-order valence-electron chi connectivity index (χ1n) is 6.64. The normalized spacial score (nSPS) is 23.8. The summed E-state index contributed by atoms with van der Waals surface area (Å²) in [6.45, 7) is 1.72. The summed E-state index contributed by atoms with van der Waals surface area (Å²) in [7, 11) is 0.